The van der Waals surface area contributed by atoms with Crippen LogP contribution in [0.15, 0.2) is 47.9 Å². The summed E-state index contributed by atoms with van der Waals surface area (Å²) in [6.45, 7) is 0. The van der Waals surface area contributed by atoms with Crippen LogP contribution in [0.2, 0.25) is 10.0 Å². The van der Waals surface area contributed by atoms with Crippen LogP contribution in [0, 0.1) is 0 Å². The van der Waals surface area contributed by atoms with Crippen molar-refractivity contribution in [2.24, 2.45) is 0 Å². The SMILES string of the molecule is COc1ccc(/C=C/C(=O)Nc2nc3scc(-c4cc(Cl)ccc4Cl)n3n2)c(OC)c1. The van der Waals surface area contributed by atoms with E-state index in [2.05, 4.69) is 15.4 Å². The highest BCUT2D eigenvalue weighted by atomic mass is 35.5. The maximum absolute atomic E-state index is 12.4. The van der Waals surface area contributed by atoms with E-state index < -0.39 is 0 Å². The molecule has 0 unspecified atom stereocenters. The van der Waals surface area contributed by atoms with Gasteiger partial charge in [-0.25, -0.2) is 4.52 Å². The highest BCUT2D eigenvalue weighted by Crippen LogP contribution is 2.33. The lowest BCUT2D eigenvalue weighted by Crippen LogP contribution is -2.09. The van der Waals surface area contributed by atoms with Gasteiger partial charge in [0.1, 0.15) is 11.5 Å². The molecule has 2 aromatic heterocycles. The van der Waals surface area contributed by atoms with E-state index in [1.165, 1.54) is 17.4 Å². The molecule has 0 radical (unpaired) electrons. The van der Waals surface area contributed by atoms with Gasteiger partial charge in [-0.15, -0.1) is 16.4 Å². The number of methoxy groups -OCH3 is 2. The summed E-state index contributed by atoms with van der Waals surface area (Å²) in [6, 6.07) is 10.5. The summed E-state index contributed by atoms with van der Waals surface area (Å²) in [5.41, 5.74) is 2.20. The van der Waals surface area contributed by atoms with Gasteiger partial charge in [0, 0.05) is 33.7 Å². The number of amides is 1. The number of carbonyl (C=O) groups is 1. The summed E-state index contributed by atoms with van der Waals surface area (Å²) >= 11 is 13.8. The third kappa shape index (κ3) is 4.51. The number of thiazole rings is 1. The highest BCUT2D eigenvalue weighted by Gasteiger charge is 2.15. The van der Waals surface area contributed by atoms with E-state index >= 15 is 0 Å². The molecule has 4 aromatic rings. The fraction of sp³-hybridized carbons (Fsp3) is 0.0952. The van der Waals surface area contributed by atoms with Crippen LogP contribution in [0.4, 0.5) is 5.95 Å². The maximum Gasteiger partial charge on any atom is 0.250 e. The molecule has 2 aromatic carbocycles. The van der Waals surface area contributed by atoms with E-state index in [0.29, 0.717) is 26.5 Å². The molecule has 0 bridgehead atoms. The number of nitrogens with zero attached hydrogens (tertiary/aromatic N) is 3. The fourth-order valence-corrected chi connectivity index (χ4v) is 4.10. The minimum absolute atomic E-state index is 0.183. The zero-order valence-corrected chi connectivity index (χ0v) is 18.8. The van der Waals surface area contributed by atoms with Crippen molar-refractivity contribution >= 4 is 57.4 Å². The smallest absolute Gasteiger partial charge is 0.250 e. The molecule has 4 rings (SSSR count). The topological polar surface area (TPSA) is 77.8 Å². The van der Waals surface area contributed by atoms with Gasteiger partial charge in [0.15, 0.2) is 0 Å². The maximum atomic E-state index is 12.4. The van der Waals surface area contributed by atoms with Gasteiger partial charge < -0.3 is 9.47 Å². The minimum atomic E-state index is -0.376. The van der Waals surface area contributed by atoms with Gasteiger partial charge >= 0.3 is 0 Å². The molecule has 1 amide bonds. The number of fused-ring (bicyclic) bond motifs is 1. The molecule has 31 heavy (non-hydrogen) atoms. The molecule has 0 aliphatic rings. The Morgan fingerprint density at radius 3 is 2.77 bits per heavy atom. The highest BCUT2D eigenvalue weighted by molar-refractivity contribution is 7.15. The van der Waals surface area contributed by atoms with Crippen molar-refractivity contribution in [2.75, 3.05) is 19.5 Å². The molecule has 0 saturated heterocycles. The zero-order valence-electron chi connectivity index (χ0n) is 16.4. The Morgan fingerprint density at radius 2 is 2.00 bits per heavy atom. The van der Waals surface area contributed by atoms with Gasteiger partial charge in [0.05, 0.1) is 24.9 Å². The zero-order chi connectivity index (χ0) is 22.0. The monoisotopic (exact) mass is 474 g/mol. The van der Waals surface area contributed by atoms with Crippen molar-refractivity contribution in [1.82, 2.24) is 14.6 Å². The van der Waals surface area contributed by atoms with Gasteiger partial charge in [-0.05, 0) is 36.4 Å². The predicted molar refractivity (Wildman–Crippen MR) is 124 cm³/mol. The van der Waals surface area contributed by atoms with Crippen molar-refractivity contribution < 1.29 is 14.3 Å². The van der Waals surface area contributed by atoms with E-state index in [9.17, 15) is 4.79 Å². The number of benzene rings is 2. The quantitative estimate of drug-likeness (QED) is 0.376. The summed E-state index contributed by atoms with van der Waals surface area (Å²) in [6.07, 6.45) is 3.03. The lowest BCUT2D eigenvalue weighted by Gasteiger charge is -2.07. The standard InChI is InChI=1S/C21H16Cl2N4O3S/c1-29-14-6-3-12(18(10-14)30-2)4-8-19(28)24-20-25-21-27(26-20)17(11-31-21)15-9-13(22)5-7-16(15)23/h3-11H,1-2H3,(H,24,26,28)/b8-4+. The molecule has 10 heteroatoms. The fourth-order valence-electron chi connectivity index (χ4n) is 2.89. The van der Waals surface area contributed by atoms with Crippen LogP contribution in [0.25, 0.3) is 22.3 Å². The Hall–Kier alpha value is -3.07. The van der Waals surface area contributed by atoms with Gasteiger partial charge in [-0.3, -0.25) is 10.1 Å². The number of rotatable bonds is 6. The van der Waals surface area contributed by atoms with Gasteiger partial charge in [0.25, 0.3) is 11.9 Å². The Kier molecular flexibility index (Phi) is 6.13. The molecular formula is C21H16Cl2N4O3S. The van der Waals surface area contributed by atoms with Crippen molar-refractivity contribution in [3.8, 4) is 22.8 Å². The third-order valence-electron chi connectivity index (χ3n) is 4.38. The normalized spacial score (nSPS) is 11.2. The molecular weight excluding hydrogens is 459 g/mol. The van der Waals surface area contributed by atoms with E-state index in [1.807, 2.05) is 5.38 Å². The summed E-state index contributed by atoms with van der Waals surface area (Å²) in [4.78, 5) is 17.3. The summed E-state index contributed by atoms with van der Waals surface area (Å²) in [7, 11) is 3.13. The first-order valence-corrected chi connectivity index (χ1v) is 10.6. The summed E-state index contributed by atoms with van der Waals surface area (Å²) in [5.74, 6) is 1.06. The molecule has 1 N–H and O–H groups in total. The second-order valence-electron chi connectivity index (χ2n) is 6.31. The van der Waals surface area contributed by atoms with E-state index in [1.54, 1.807) is 61.2 Å². The van der Waals surface area contributed by atoms with Crippen LogP contribution >= 0.6 is 34.5 Å². The van der Waals surface area contributed by atoms with Crippen LogP contribution in [-0.2, 0) is 4.79 Å². The molecule has 0 spiro atoms. The number of aromatic nitrogens is 3. The number of hydrogen-bond donors (Lipinski definition) is 1. The van der Waals surface area contributed by atoms with Gasteiger partial charge in [0.2, 0.25) is 4.96 Å². The number of ether oxygens (including phenoxy) is 2. The van der Waals surface area contributed by atoms with Crippen LogP contribution in [-0.4, -0.2) is 34.7 Å². The Morgan fingerprint density at radius 1 is 1.16 bits per heavy atom. The first kappa shape index (κ1) is 21.2. The Balaban J connectivity index is 1.54. The molecule has 0 aliphatic carbocycles. The molecule has 0 saturated carbocycles. The molecule has 2 heterocycles. The second-order valence-corrected chi connectivity index (χ2v) is 7.99. The number of carbonyl (C=O) groups excluding carboxylic acids is 1. The van der Waals surface area contributed by atoms with Crippen LogP contribution < -0.4 is 14.8 Å². The Bertz CT molecular complexity index is 1300. The number of halogens is 2. The third-order valence-corrected chi connectivity index (χ3v) is 5.76. The van der Waals surface area contributed by atoms with Gasteiger partial charge in [-0.2, -0.15) is 4.98 Å². The number of nitrogens with one attached hydrogen (secondary N) is 1. The molecule has 158 valence electrons. The predicted octanol–water partition coefficient (Wildman–Crippen LogP) is 5.43. The van der Waals surface area contributed by atoms with Crippen LogP contribution in [0.1, 0.15) is 5.56 Å². The van der Waals surface area contributed by atoms with Gasteiger partial charge in [-0.1, -0.05) is 23.2 Å². The average Bonchev–Trinajstić information content (AvgIpc) is 3.34. The van der Waals surface area contributed by atoms with Crippen LogP contribution in [0.5, 0.6) is 11.5 Å². The molecule has 0 aliphatic heterocycles. The van der Waals surface area contributed by atoms with Crippen molar-refractivity contribution in [3.63, 3.8) is 0 Å². The minimum Gasteiger partial charge on any atom is -0.497 e. The van der Waals surface area contributed by atoms with Crippen molar-refractivity contribution in [1.29, 1.82) is 0 Å². The molecule has 0 fully saturated rings. The van der Waals surface area contributed by atoms with E-state index in [4.69, 9.17) is 32.7 Å². The lowest BCUT2D eigenvalue weighted by atomic mass is 10.1. The molecule has 7 nitrogen and oxygen atoms in total. The lowest BCUT2D eigenvalue weighted by molar-refractivity contribution is -0.111. The van der Waals surface area contributed by atoms with Crippen LogP contribution in [0.3, 0.4) is 0 Å². The number of hydrogen-bond acceptors (Lipinski definition) is 6. The molecule has 0 atom stereocenters. The second kappa shape index (κ2) is 8.97. The average molecular weight is 475 g/mol. The number of anilines is 1. The first-order valence-electron chi connectivity index (χ1n) is 8.99. The summed E-state index contributed by atoms with van der Waals surface area (Å²) in [5, 5.41) is 10.0. The van der Waals surface area contributed by atoms with E-state index in [0.717, 1.165) is 16.8 Å². The van der Waals surface area contributed by atoms with E-state index in [-0.39, 0.29) is 11.9 Å². The van der Waals surface area contributed by atoms with Crippen molar-refractivity contribution in [2.45, 2.75) is 0 Å². The van der Waals surface area contributed by atoms with Crippen molar-refractivity contribution in [3.05, 3.63) is 63.5 Å². The summed E-state index contributed by atoms with van der Waals surface area (Å²) < 4.78 is 12.1. The Labute approximate surface area is 191 Å². The first-order chi connectivity index (χ1) is 15.0. The largest absolute Gasteiger partial charge is 0.497 e.